The van der Waals surface area contributed by atoms with Crippen LogP contribution in [-0.4, -0.2) is 53.1 Å². The van der Waals surface area contributed by atoms with E-state index in [0.717, 1.165) is 0 Å². The number of hydrogen-bond donors (Lipinski definition) is 3. The Balaban J connectivity index is 2.42. The predicted octanol–water partition coefficient (Wildman–Crippen LogP) is 0.550. The van der Waals surface area contributed by atoms with Crippen LogP contribution < -0.4 is 10.6 Å². The van der Waals surface area contributed by atoms with E-state index in [4.69, 9.17) is 5.11 Å². The second-order valence-corrected chi connectivity index (χ2v) is 5.09. The van der Waals surface area contributed by atoms with Crippen molar-refractivity contribution in [1.82, 2.24) is 15.5 Å². The number of nitrogens with one attached hydrogen (secondary N) is 2. The lowest BCUT2D eigenvalue weighted by Gasteiger charge is -2.32. The van der Waals surface area contributed by atoms with E-state index < -0.39 is 12.0 Å². The third kappa shape index (κ3) is 5.07. The molecule has 1 fully saturated rings. The fourth-order valence-corrected chi connectivity index (χ4v) is 2.30. The van der Waals surface area contributed by atoms with Gasteiger partial charge < -0.3 is 20.6 Å². The van der Waals surface area contributed by atoms with Crippen LogP contribution in [0.15, 0.2) is 0 Å². The van der Waals surface area contributed by atoms with Gasteiger partial charge in [0, 0.05) is 26.1 Å². The summed E-state index contributed by atoms with van der Waals surface area (Å²) >= 11 is 0. The van der Waals surface area contributed by atoms with E-state index in [1.807, 2.05) is 6.92 Å². The number of aliphatic carboxylic acids is 1. The van der Waals surface area contributed by atoms with E-state index in [1.54, 1.807) is 4.90 Å². The van der Waals surface area contributed by atoms with Crippen LogP contribution in [0.5, 0.6) is 0 Å². The number of carboxylic acids is 1. The van der Waals surface area contributed by atoms with Crippen molar-refractivity contribution in [2.45, 2.75) is 51.6 Å². The van der Waals surface area contributed by atoms with Gasteiger partial charge in [0.05, 0.1) is 0 Å². The lowest BCUT2D eigenvalue weighted by Crippen LogP contribution is -2.52. The topological polar surface area (TPSA) is 98.7 Å². The molecule has 0 aliphatic carbocycles. The number of carbonyl (C=O) groups excluding carboxylic acids is 2. The fraction of sp³-hybridized carbons (Fsp3) is 0.769. The molecule has 1 saturated heterocycles. The van der Waals surface area contributed by atoms with E-state index in [-0.39, 0.29) is 18.0 Å². The molecular formula is C13H23N3O4. The van der Waals surface area contributed by atoms with Gasteiger partial charge in [-0.15, -0.1) is 0 Å². The molecule has 20 heavy (non-hydrogen) atoms. The molecule has 0 unspecified atom stereocenters. The van der Waals surface area contributed by atoms with Gasteiger partial charge in [-0.25, -0.2) is 9.59 Å². The second-order valence-electron chi connectivity index (χ2n) is 5.09. The van der Waals surface area contributed by atoms with Gasteiger partial charge in [0.15, 0.2) is 0 Å². The van der Waals surface area contributed by atoms with Crippen molar-refractivity contribution in [2.24, 2.45) is 0 Å². The Morgan fingerprint density at radius 2 is 1.90 bits per heavy atom. The molecule has 0 aromatic heterocycles. The smallest absolute Gasteiger partial charge is 0.326 e. The molecule has 1 aliphatic heterocycles. The highest BCUT2D eigenvalue weighted by Gasteiger charge is 2.26. The van der Waals surface area contributed by atoms with Crippen molar-refractivity contribution in [3.05, 3.63) is 0 Å². The highest BCUT2D eigenvalue weighted by Crippen LogP contribution is 2.11. The van der Waals surface area contributed by atoms with Crippen LogP contribution in [-0.2, 0) is 9.59 Å². The molecule has 3 amide bonds. The van der Waals surface area contributed by atoms with E-state index in [9.17, 15) is 14.4 Å². The molecule has 0 aromatic carbocycles. The third-order valence-electron chi connectivity index (χ3n) is 3.36. The summed E-state index contributed by atoms with van der Waals surface area (Å²) in [6.45, 7) is 4.40. The van der Waals surface area contributed by atoms with E-state index in [1.165, 1.54) is 6.92 Å². The van der Waals surface area contributed by atoms with Crippen LogP contribution in [0.2, 0.25) is 0 Å². The SMILES string of the molecule is CCC[C@@H](NC(=O)N1CCC(NC(C)=O)CC1)C(=O)O. The van der Waals surface area contributed by atoms with Crippen LogP contribution in [0.4, 0.5) is 4.79 Å². The molecule has 0 spiro atoms. The van der Waals surface area contributed by atoms with Crippen molar-refractivity contribution in [3.63, 3.8) is 0 Å². The van der Waals surface area contributed by atoms with Crippen molar-refractivity contribution >= 4 is 17.9 Å². The molecule has 114 valence electrons. The molecule has 0 saturated carbocycles. The first kappa shape index (κ1) is 16.3. The van der Waals surface area contributed by atoms with Crippen LogP contribution in [0.25, 0.3) is 0 Å². The van der Waals surface area contributed by atoms with Crippen molar-refractivity contribution in [1.29, 1.82) is 0 Å². The summed E-state index contributed by atoms with van der Waals surface area (Å²) < 4.78 is 0. The van der Waals surface area contributed by atoms with Crippen molar-refractivity contribution in [3.8, 4) is 0 Å². The Bertz CT molecular complexity index is 365. The quantitative estimate of drug-likeness (QED) is 0.687. The molecule has 1 rings (SSSR count). The van der Waals surface area contributed by atoms with Gasteiger partial charge in [0.2, 0.25) is 5.91 Å². The Hall–Kier alpha value is -1.79. The Labute approximate surface area is 118 Å². The van der Waals surface area contributed by atoms with E-state index in [0.29, 0.717) is 38.8 Å². The number of piperidine rings is 1. The first-order chi connectivity index (χ1) is 9.43. The number of likely N-dealkylation sites (tertiary alicyclic amines) is 1. The van der Waals surface area contributed by atoms with Crippen molar-refractivity contribution in [2.75, 3.05) is 13.1 Å². The van der Waals surface area contributed by atoms with Crippen molar-refractivity contribution < 1.29 is 19.5 Å². The van der Waals surface area contributed by atoms with Crippen LogP contribution in [0.3, 0.4) is 0 Å². The number of amides is 3. The summed E-state index contributed by atoms with van der Waals surface area (Å²) in [6, 6.07) is -1.07. The predicted molar refractivity (Wildman–Crippen MR) is 73.3 cm³/mol. The molecule has 0 aromatic rings. The van der Waals surface area contributed by atoms with E-state index >= 15 is 0 Å². The number of carbonyl (C=O) groups is 3. The first-order valence-electron chi connectivity index (χ1n) is 6.99. The summed E-state index contributed by atoms with van der Waals surface area (Å²) in [4.78, 5) is 35.5. The van der Waals surface area contributed by atoms with Gasteiger partial charge >= 0.3 is 12.0 Å². The van der Waals surface area contributed by atoms with Gasteiger partial charge in [-0.1, -0.05) is 13.3 Å². The lowest BCUT2D eigenvalue weighted by molar-refractivity contribution is -0.139. The lowest BCUT2D eigenvalue weighted by atomic mass is 10.1. The molecule has 1 heterocycles. The Kier molecular flexibility index (Phi) is 6.27. The zero-order valence-corrected chi connectivity index (χ0v) is 12.0. The van der Waals surface area contributed by atoms with Crippen LogP contribution >= 0.6 is 0 Å². The van der Waals surface area contributed by atoms with Gasteiger partial charge in [0.1, 0.15) is 6.04 Å². The second kappa shape index (κ2) is 7.72. The van der Waals surface area contributed by atoms with Crippen LogP contribution in [0, 0.1) is 0 Å². The molecule has 7 heteroatoms. The first-order valence-corrected chi connectivity index (χ1v) is 6.99. The largest absolute Gasteiger partial charge is 0.480 e. The summed E-state index contributed by atoms with van der Waals surface area (Å²) in [5.41, 5.74) is 0. The van der Waals surface area contributed by atoms with E-state index in [2.05, 4.69) is 10.6 Å². The molecule has 3 N–H and O–H groups in total. The third-order valence-corrected chi connectivity index (χ3v) is 3.36. The fourth-order valence-electron chi connectivity index (χ4n) is 2.30. The minimum absolute atomic E-state index is 0.0678. The van der Waals surface area contributed by atoms with Crippen LogP contribution in [0.1, 0.15) is 39.5 Å². The minimum Gasteiger partial charge on any atom is -0.480 e. The monoisotopic (exact) mass is 285 g/mol. The number of urea groups is 1. The summed E-state index contributed by atoms with van der Waals surface area (Å²) in [7, 11) is 0. The molecule has 7 nitrogen and oxygen atoms in total. The average molecular weight is 285 g/mol. The zero-order valence-electron chi connectivity index (χ0n) is 12.0. The summed E-state index contributed by atoms with van der Waals surface area (Å²) in [5, 5.41) is 14.4. The standard InChI is InChI=1S/C13H23N3O4/c1-3-4-11(12(18)19)15-13(20)16-7-5-10(6-8-16)14-9(2)17/h10-11H,3-8H2,1-2H3,(H,14,17)(H,15,20)(H,18,19)/t11-/m1/s1. The summed E-state index contributed by atoms with van der Waals surface area (Å²) in [5.74, 6) is -1.07. The maximum Gasteiger partial charge on any atom is 0.326 e. The highest BCUT2D eigenvalue weighted by atomic mass is 16.4. The Morgan fingerprint density at radius 3 is 2.35 bits per heavy atom. The Morgan fingerprint density at radius 1 is 1.30 bits per heavy atom. The van der Waals surface area contributed by atoms with Gasteiger partial charge in [-0.2, -0.15) is 0 Å². The average Bonchev–Trinajstić information content (AvgIpc) is 2.38. The van der Waals surface area contributed by atoms with Gasteiger partial charge in [-0.3, -0.25) is 4.79 Å². The molecule has 1 aliphatic rings. The molecule has 1 atom stereocenters. The van der Waals surface area contributed by atoms with Gasteiger partial charge in [0.25, 0.3) is 0 Å². The minimum atomic E-state index is -1.01. The zero-order chi connectivity index (χ0) is 15.1. The maximum absolute atomic E-state index is 12.0. The number of nitrogens with zero attached hydrogens (tertiary/aromatic N) is 1. The molecular weight excluding hydrogens is 262 g/mol. The normalized spacial score (nSPS) is 17.4. The number of rotatable bonds is 5. The maximum atomic E-state index is 12.0. The van der Waals surface area contributed by atoms with Gasteiger partial charge in [-0.05, 0) is 19.3 Å². The summed E-state index contributed by atoms with van der Waals surface area (Å²) in [6.07, 6.45) is 2.50. The molecule has 0 radical (unpaired) electrons. The number of carboxylic acid groups (broad SMARTS) is 1. The number of hydrogen-bond acceptors (Lipinski definition) is 3. The highest BCUT2D eigenvalue weighted by molar-refractivity contribution is 5.82. The molecule has 0 bridgehead atoms.